The Kier molecular flexibility index (Phi) is 9.86. The lowest BCUT2D eigenvalue weighted by Crippen LogP contribution is -2.02. The molecule has 48 heavy (non-hydrogen) atoms. The van der Waals surface area contributed by atoms with Crippen molar-refractivity contribution in [2.24, 2.45) is 0 Å². The van der Waals surface area contributed by atoms with Crippen molar-refractivity contribution in [3.05, 3.63) is 124 Å². The minimum atomic E-state index is 0.527. The molecule has 6 rings (SSSR count). The maximum absolute atomic E-state index is 4.95. The van der Waals surface area contributed by atoms with Crippen LogP contribution in [0.15, 0.2) is 85.2 Å². The molecule has 0 aliphatic carbocycles. The van der Waals surface area contributed by atoms with E-state index in [9.17, 15) is 0 Å². The smallest absolute Gasteiger partial charge is 0.182 e. The molecule has 0 aliphatic rings. The maximum Gasteiger partial charge on any atom is 0.182 e. The van der Waals surface area contributed by atoms with E-state index in [-0.39, 0.29) is 0 Å². The van der Waals surface area contributed by atoms with Gasteiger partial charge in [-0.15, -0.1) is 0 Å². The van der Waals surface area contributed by atoms with E-state index >= 15 is 0 Å². The quantitative estimate of drug-likeness (QED) is 0.141. The molecule has 3 aromatic heterocycles. The average molecular weight is 632 g/mol. The van der Waals surface area contributed by atoms with E-state index in [1.165, 1.54) is 75.8 Å². The molecule has 0 atom stereocenters. The van der Waals surface area contributed by atoms with Gasteiger partial charge in [-0.05, 0) is 105 Å². The SMILES string of the molecule is CCCCCCc1ccc(-c2nc(-c3ccc(-c4c(C)cc(C)cc4C)cn3)nc(-c3ccc(-c4c(C)cc(C)cc4C)cn3)n2)cc1. The zero-order chi connectivity index (χ0) is 33.8. The molecule has 0 fully saturated rings. The predicted octanol–water partition coefficient (Wildman–Crippen LogP) is 11.0. The second kappa shape index (κ2) is 14.4. The molecule has 0 unspecified atom stereocenters. The molecule has 5 heteroatoms. The summed E-state index contributed by atoms with van der Waals surface area (Å²) in [5, 5.41) is 0. The highest BCUT2D eigenvalue weighted by Gasteiger charge is 2.16. The first-order chi connectivity index (χ1) is 23.2. The fourth-order valence-electron chi connectivity index (χ4n) is 6.93. The Morgan fingerprint density at radius 3 is 1.31 bits per heavy atom. The average Bonchev–Trinajstić information content (AvgIpc) is 3.06. The molecular weight excluding hydrogens is 587 g/mol. The van der Waals surface area contributed by atoms with Crippen LogP contribution in [0.4, 0.5) is 0 Å². The van der Waals surface area contributed by atoms with Gasteiger partial charge in [-0.3, -0.25) is 9.97 Å². The van der Waals surface area contributed by atoms with Gasteiger partial charge in [-0.25, -0.2) is 15.0 Å². The van der Waals surface area contributed by atoms with E-state index in [4.69, 9.17) is 24.9 Å². The topological polar surface area (TPSA) is 64.5 Å². The Hall–Kier alpha value is -5.03. The molecule has 0 radical (unpaired) electrons. The van der Waals surface area contributed by atoms with Crippen LogP contribution in [0.2, 0.25) is 0 Å². The maximum atomic E-state index is 4.95. The van der Waals surface area contributed by atoms with Crippen molar-refractivity contribution in [3.63, 3.8) is 0 Å². The normalized spacial score (nSPS) is 11.2. The Labute approximate surface area is 285 Å². The molecule has 3 aromatic carbocycles. The number of benzene rings is 3. The largest absolute Gasteiger partial charge is 0.252 e. The molecule has 0 saturated heterocycles. The standard InChI is InChI=1S/C43H45N5/c1-8-9-10-11-12-33-13-15-34(16-14-33)41-46-42(37-19-17-35(25-44-37)39-29(4)21-27(2)22-30(39)5)48-43(47-41)38-20-18-36(26-45-38)40-31(6)23-28(3)24-32(40)7/h13-26H,8-12H2,1-7H3. The number of aryl methyl sites for hydroxylation is 7. The molecule has 6 aromatic rings. The molecule has 242 valence electrons. The van der Waals surface area contributed by atoms with Gasteiger partial charge in [0.05, 0.1) is 0 Å². The summed E-state index contributed by atoms with van der Waals surface area (Å²) >= 11 is 0. The van der Waals surface area contributed by atoms with Crippen LogP contribution in [0.3, 0.4) is 0 Å². The summed E-state index contributed by atoms with van der Waals surface area (Å²) in [4.78, 5) is 24.6. The lowest BCUT2D eigenvalue weighted by atomic mass is 9.95. The highest BCUT2D eigenvalue weighted by atomic mass is 15.1. The Morgan fingerprint density at radius 2 is 0.896 bits per heavy atom. The number of hydrogen-bond donors (Lipinski definition) is 0. The van der Waals surface area contributed by atoms with Crippen molar-refractivity contribution < 1.29 is 0 Å². The minimum Gasteiger partial charge on any atom is -0.252 e. The Balaban J connectivity index is 1.38. The fraction of sp³-hybridized carbons (Fsp3) is 0.279. The van der Waals surface area contributed by atoms with Crippen LogP contribution in [-0.4, -0.2) is 24.9 Å². The third-order valence-corrected chi connectivity index (χ3v) is 9.08. The molecule has 0 aliphatic heterocycles. The van der Waals surface area contributed by atoms with Crippen molar-refractivity contribution in [2.75, 3.05) is 0 Å². The van der Waals surface area contributed by atoms with Gasteiger partial charge in [0.25, 0.3) is 0 Å². The molecule has 5 nitrogen and oxygen atoms in total. The highest BCUT2D eigenvalue weighted by Crippen LogP contribution is 2.31. The summed E-state index contributed by atoms with van der Waals surface area (Å²) in [5.41, 5.74) is 15.8. The predicted molar refractivity (Wildman–Crippen MR) is 199 cm³/mol. The first kappa shape index (κ1) is 32.9. The first-order valence-electron chi connectivity index (χ1n) is 17.1. The van der Waals surface area contributed by atoms with Crippen LogP contribution >= 0.6 is 0 Å². The summed E-state index contributed by atoms with van der Waals surface area (Å²) < 4.78 is 0. The monoisotopic (exact) mass is 631 g/mol. The van der Waals surface area contributed by atoms with Crippen LogP contribution in [0, 0.1) is 41.5 Å². The van der Waals surface area contributed by atoms with Gasteiger partial charge in [0.2, 0.25) is 0 Å². The van der Waals surface area contributed by atoms with E-state index in [0.29, 0.717) is 28.9 Å². The van der Waals surface area contributed by atoms with Crippen molar-refractivity contribution in [1.82, 2.24) is 24.9 Å². The van der Waals surface area contributed by atoms with Gasteiger partial charge in [0.1, 0.15) is 11.4 Å². The third-order valence-electron chi connectivity index (χ3n) is 9.08. The van der Waals surface area contributed by atoms with E-state index < -0.39 is 0 Å². The lowest BCUT2D eigenvalue weighted by Gasteiger charge is -2.13. The third kappa shape index (κ3) is 7.26. The number of unbranched alkanes of at least 4 members (excludes halogenated alkanes) is 3. The number of hydrogen-bond acceptors (Lipinski definition) is 5. The van der Waals surface area contributed by atoms with Crippen LogP contribution in [0.5, 0.6) is 0 Å². The van der Waals surface area contributed by atoms with Crippen LogP contribution < -0.4 is 0 Å². The molecule has 0 bridgehead atoms. The second-order valence-corrected chi connectivity index (χ2v) is 13.2. The Morgan fingerprint density at radius 1 is 0.458 bits per heavy atom. The summed E-state index contributed by atoms with van der Waals surface area (Å²) in [6.45, 7) is 15.1. The van der Waals surface area contributed by atoms with E-state index in [2.05, 4.69) is 109 Å². The van der Waals surface area contributed by atoms with Crippen molar-refractivity contribution in [3.8, 4) is 56.7 Å². The Bertz CT molecular complexity index is 1880. The van der Waals surface area contributed by atoms with Crippen molar-refractivity contribution in [2.45, 2.75) is 80.6 Å². The van der Waals surface area contributed by atoms with Gasteiger partial charge in [0.15, 0.2) is 17.5 Å². The van der Waals surface area contributed by atoms with Crippen LogP contribution in [-0.2, 0) is 6.42 Å². The summed E-state index contributed by atoms with van der Waals surface area (Å²) in [6.07, 6.45) is 9.94. The number of pyridine rings is 2. The number of rotatable bonds is 10. The van der Waals surface area contributed by atoms with Crippen LogP contribution in [0.25, 0.3) is 56.7 Å². The van der Waals surface area contributed by atoms with Gasteiger partial charge in [0, 0.05) is 29.1 Å². The van der Waals surface area contributed by atoms with Gasteiger partial charge in [-0.2, -0.15) is 0 Å². The minimum absolute atomic E-state index is 0.527. The molecule has 0 spiro atoms. The second-order valence-electron chi connectivity index (χ2n) is 13.2. The van der Waals surface area contributed by atoms with Gasteiger partial charge in [-0.1, -0.05) is 98.0 Å². The fourth-order valence-corrected chi connectivity index (χ4v) is 6.93. The van der Waals surface area contributed by atoms with E-state index in [0.717, 1.165) is 23.1 Å². The van der Waals surface area contributed by atoms with Crippen molar-refractivity contribution >= 4 is 0 Å². The van der Waals surface area contributed by atoms with E-state index in [1.54, 1.807) is 0 Å². The molecular formula is C43H45N5. The van der Waals surface area contributed by atoms with Crippen LogP contribution in [0.1, 0.15) is 71.6 Å². The highest BCUT2D eigenvalue weighted by molar-refractivity contribution is 5.74. The zero-order valence-electron chi connectivity index (χ0n) is 29.4. The lowest BCUT2D eigenvalue weighted by molar-refractivity contribution is 0.667. The van der Waals surface area contributed by atoms with Crippen molar-refractivity contribution in [1.29, 1.82) is 0 Å². The first-order valence-corrected chi connectivity index (χ1v) is 17.1. The van der Waals surface area contributed by atoms with E-state index in [1.807, 2.05) is 24.5 Å². The summed E-state index contributed by atoms with van der Waals surface area (Å²) in [7, 11) is 0. The number of aromatic nitrogens is 5. The molecule has 0 N–H and O–H groups in total. The van der Waals surface area contributed by atoms with Gasteiger partial charge >= 0.3 is 0 Å². The number of nitrogens with zero attached hydrogens (tertiary/aromatic N) is 5. The molecule has 3 heterocycles. The summed E-state index contributed by atoms with van der Waals surface area (Å²) in [5.74, 6) is 1.66. The molecule has 0 saturated carbocycles. The summed E-state index contributed by atoms with van der Waals surface area (Å²) in [6, 6.07) is 25.8. The molecule has 0 amide bonds. The zero-order valence-corrected chi connectivity index (χ0v) is 29.4. The van der Waals surface area contributed by atoms with Gasteiger partial charge < -0.3 is 0 Å².